The molecule has 4 nitrogen and oxygen atoms in total. The number of rotatable bonds is 3. The lowest BCUT2D eigenvalue weighted by Crippen LogP contribution is -2.02. The van der Waals surface area contributed by atoms with E-state index in [1.807, 2.05) is 37.4 Å². The fourth-order valence-electron chi connectivity index (χ4n) is 1.79. The third kappa shape index (κ3) is 2.32. The number of anilines is 2. The highest BCUT2D eigenvalue weighted by atomic mass is 14.8. The van der Waals surface area contributed by atoms with Gasteiger partial charge in [0.15, 0.2) is 0 Å². The lowest BCUT2D eigenvalue weighted by Gasteiger charge is -2.08. The van der Waals surface area contributed by atoms with Gasteiger partial charge < -0.3 is 16.5 Å². The maximum Gasteiger partial charge on any atom is 0.132 e. The second kappa shape index (κ2) is 4.87. The van der Waals surface area contributed by atoms with Gasteiger partial charge in [0.2, 0.25) is 0 Å². The summed E-state index contributed by atoms with van der Waals surface area (Å²) in [6.07, 6.45) is 1.73. The minimum absolute atomic E-state index is 0.399. The van der Waals surface area contributed by atoms with Crippen molar-refractivity contribution in [2.75, 3.05) is 18.1 Å². The normalized spacial score (nSPS) is 10.1. The lowest BCUT2D eigenvalue weighted by molar-refractivity contribution is 1.31. The van der Waals surface area contributed by atoms with Crippen LogP contribution in [-0.4, -0.2) is 17.7 Å². The number of nitrogens with one attached hydrogen (secondary N) is 2. The molecule has 0 saturated carbocycles. The van der Waals surface area contributed by atoms with Gasteiger partial charge in [-0.1, -0.05) is 12.1 Å². The van der Waals surface area contributed by atoms with Crippen molar-refractivity contribution in [3.8, 4) is 11.1 Å². The van der Waals surface area contributed by atoms with E-state index in [0.717, 1.165) is 16.8 Å². The number of nitrogens with zero attached hydrogens (tertiary/aromatic N) is 1. The van der Waals surface area contributed by atoms with Crippen molar-refractivity contribution in [1.82, 2.24) is 4.98 Å². The molecule has 0 aliphatic carbocycles. The Balaban J connectivity index is 2.50. The summed E-state index contributed by atoms with van der Waals surface area (Å²) in [5.74, 6) is 0.399. The van der Waals surface area contributed by atoms with E-state index >= 15 is 0 Å². The molecule has 0 amide bonds. The van der Waals surface area contributed by atoms with E-state index in [0.29, 0.717) is 17.1 Å². The van der Waals surface area contributed by atoms with Gasteiger partial charge in [0.1, 0.15) is 5.82 Å². The van der Waals surface area contributed by atoms with Crippen molar-refractivity contribution in [2.24, 2.45) is 0 Å². The van der Waals surface area contributed by atoms with Gasteiger partial charge in [0, 0.05) is 35.8 Å². The van der Waals surface area contributed by atoms with Gasteiger partial charge in [-0.2, -0.15) is 0 Å². The summed E-state index contributed by atoms with van der Waals surface area (Å²) in [6, 6.07) is 9.93. The van der Waals surface area contributed by atoms with Crippen LogP contribution < -0.4 is 11.1 Å². The quantitative estimate of drug-likeness (QED) is 0.722. The molecule has 4 heteroatoms. The summed E-state index contributed by atoms with van der Waals surface area (Å²) in [6.45, 7) is 1.71. The van der Waals surface area contributed by atoms with Gasteiger partial charge in [0.25, 0.3) is 0 Å². The van der Waals surface area contributed by atoms with E-state index in [2.05, 4.69) is 10.3 Å². The smallest absolute Gasteiger partial charge is 0.132 e. The lowest BCUT2D eigenvalue weighted by atomic mass is 10.0. The zero-order chi connectivity index (χ0) is 13.1. The zero-order valence-corrected chi connectivity index (χ0v) is 10.5. The van der Waals surface area contributed by atoms with Gasteiger partial charge >= 0.3 is 0 Å². The van der Waals surface area contributed by atoms with E-state index in [4.69, 9.17) is 11.1 Å². The molecule has 0 spiro atoms. The Bertz CT molecular complexity index is 590. The summed E-state index contributed by atoms with van der Waals surface area (Å²) in [4.78, 5) is 4.15. The molecule has 1 heterocycles. The maximum absolute atomic E-state index is 7.68. The van der Waals surface area contributed by atoms with Crippen LogP contribution in [0.1, 0.15) is 12.5 Å². The Morgan fingerprint density at radius 3 is 2.72 bits per heavy atom. The van der Waals surface area contributed by atoms with Crippen LogP contribution in [0.2, 0.25) is 0 Å². The molecule has 0 fully saturated rings. The minimum Gasteiger partial charge on any atom is -0.388 e. The number of pyridine rings is 1. The van der Waals surface area contributed by atoms with Crippen molar-refractivity contribution in [3.05, 3.63) is 42.1 Å². The van der Waals surface area contributed by atoms with Gasteiger partial charge in [-0.15, -0.1) is 0 Å². The average molecular weight is 240 g/mol. The van der Waals surface area contributed by atoms with Crippen LogP contribution in [0.5, 0.6) is 0 Å². The Kier molecular flexibility index (Phi) is 3.28. The van der Waals surface area contributed by atoms with Crippen molar-refractivity contribution >= 4 is 17.2 Å². The Morgan fingerprint density at radius 1 is 1.28 bits per heavy atom. The largest absolute Gasteiger partial charge is 0.388 e. The van der Waals surface area contributed by atoms with Crippen LogP contribution in [0, 0.1) is 5.41 Å². The van der Waals surface area contributed by atoms with Gasteiger partial charge in [-0.25, -0.2) is 4.98 Å². The number of hydrogen-bond acceptors (Lipinski definition) is 4. The second-order valence-corrected chi connectivity index (χ2v) is 4.11. The fourth-order valence-corrected chi connectivity index (χ4v) is 1.79. The highest BCUT2D eigenvalue weighted by Crippen LogP contribution is 2.24. The topological polar surface area (TPSA) is 74.8 Å². The Morgan fingerprint density at radius 2 is 2.06 bits per heavy atom. The SMILES string of the molecule is CNc1cccc(-c2cnc(N)c(C(C)=N)c2)c1. The van der Waals surface area contributed by atoms with E-state index in [1.165, 1.54) is 0 Å². The van der Waals surface area contributed by atoms with Crippen LogP contribution in [0.15, 0.2) is 36.5 Å². The summed E-state index contributed by atoms with van der Waals surface area (Å²) in [5, 5.41) is 10.8. The van der Waals surface area contributed by atoms with Gasteiger partial charge in [-0.05, 0) is 30.7 Å². The Hall–Kier alpha value is -2.36. The van der Waals surface area contributed by atoms with E-state index in [-0.39, 0.29) is 0 Å². The molecule has 0 saturated heterocycles. The van der Waals surface area contributed by atoms with Crippen molar-refractivity contribution in [3.63, 3.8) is 0 Å². The fraction of sp³-hybridized carbons (Fsp3) is 0.143. The molecule has 0 aliphatic rings. The number of aromatic nitrogens is 1. The molecular weight excluding hydrogens is 224 g/mol. The highest BCUT2D eigenvalue weighted by molar-refractivity contribution is 6.01. The summed E-state index contributed by atoms with van der Waals surface area (Å²) < 4.78 is 0. The molecule has 0 bridgehead atoms. The standard InChI is InChI=1S/C14H16N4/c1-9(15)13-7-11(8-18-14(13)16)10-4-3-5-12(6-10)17-2/h3-8,15,17H,1-2H3,(H2,16,18). The molecule has 92 valence electrons. The summed E-state index contributed by atoms with van der Waals surface area (Å²) in [5.41, 5.74) is 9.92. The van der Waals surface area contributed by atoms with Crippen molar-refractivity contribution in [2.45, 2.75) is 6.92 Å². The van der Waals surface area contributed by atoms with Crippen LogP contribution in [-0.2, 0) is 0 Å². The molecule has 2 rings (SSSR count). The molecule has 18 heavy (non-hydrogen) atoms. The minimum atomic E-state index is 0.399. The molecule has 4 N–H and O–H groups in total. The third-order valence-electron chi connectivity index (χ3n) is 2.81. The van der Waals surface area contributed by atoms with E-state index in [9.17, 15) is 0 Å². The van der Waals surface area contributed by atoms with Crippen LogP contribution in [0.3, 0.4) is 0 Å². The number of hydrogen-bond donors (Lipinski definition) is 3. The number of nitrogens with two attached hydrogens (primary N) is 1. The van der Waals surface area contributed by atoms with Crippen LogP contribution in [0.4, 0.5) is 11.5 Å². The number of nitrogen functional groups attached to an aromatic ring is 1. The zero-order valence-electron chi connectivity index (χ0n) is 10.5. The summed E-state index contributed by atoms with van der Waals surface area (Å²) >= 11 is 0. The number of benzene rings is 1. The second-order valence-electron chi connectivity index (χ2n) is 4.11. The highest BCUT2D eigenvalue weighted by Gasteiger charge is 2.06. The molecule has 1 aromatic carbocycles. The molecule has 0 atom stereocenters. The first kappa shape index (κ1) is 12.1. The van der Waals surface area contributed by atoms with Gasteiger partial charge in [-0.3, -0.25) is 0 Å². The third-order valence-corrected chi connectivity index (χ3v) is 2.81. The molecular formula is C14H16N4. The monoisotopic (exact) mass is 240 g/mol. The average Bonchev–Trinajstić information content (AvgIpc) is 2.39. The predicted octanol–water partition coefficient (Wildman–Crippen LogP) is 2.76. The van der Waals surface area contributed by atoms with Gasteiger partial charge in [0.05, 0.1) is 0 Å². The molecule has 0 radical (unpaired) electrons. The molecule has 2 aromatic rings. The molecule has 0 aliphatic heterocycles. The summed E-state index contributed by atoms with van der Waals surface area (Å²) in [7, 11) is 1.88. The first-order chi connectivity index (χ1) is 8.61. The predicted molar refractivity (Wildman–Crippen MR) is 76.1 cm³/mol. The Labute approximate surface area is 106 Å². The van der Waals surface area contributed by atoms with Crippen LogP contribution >= 0.6 is 0 Å². The maximum atomic E-state index is 7.68. The van der Waals surface area contributed by atoms with Crippen molar-refractivity contribution < 1.29 is 0 Å². The first-order valence-electron chi connectivity index (χ1n) is 5.71. The molecule has 0 unspecified atom stereocenters. The first-order valence-corrected chi connectivity index (χ1v) is 5.71. The van der Waals surface area contributed by atoms with E-state index in [1.54, 1.807) is 13.1 Å². The van der Waals surface area contributed by atoms with Crippen LogP contribution in [0.25, 0.3) is 11.1 Å². The molecule has 1 aromatic heterocycles. The van der Waals surface area contributed by atoms with Crippen molar-refractivity contribution in [1.29, 1.82) is 5.41 Å². The van der Waals surface area contributed by atoms with E-state index < -0.39 is 0 Å².